The summed E-state index contributed by atoms with van der Waals surface area (Å²) in [6.45, 7) is 9.30. The zero-order chi connectivity index (χ0) is 21.4. The van der Waals surface area contributed by atoms with Crippen LogP contribution in [0.5, 0.6) is 0 Å². The predicted molar refractivity (Wildman–Crippen MR) is 114 cm³/mol. The lowest BCUT2D eigenvalue weighted by Crippen LogP contribution is -2.23. The highest BCUT2D eigenvalue weighted by molar-refractivity contribution is 5.73. The molecule has 4 nitrogen and oxygen atoms in total. The van der Waals surface area contributed by atoms with Crippen LogP contribution in [0, 0.1) is 17.8 Å². The zero-order valence-corrected chi connectivity index (χ0v) is 18.3. The Labute approximate surface area is 170 Å². The van der Waals surface area contributed by atoms with E-state index >= 15 is 0 Å². The van der Waals surface area contributed by atoms with E-state index in [4.69, 9.17) is 5.11 Å². The first-order chi connectivity index (χ1) is 13.0. The van der Waals surface area contributed by atoms with Crippen molar-refractivity contribution in [1.29, 1.82) is 0 Å². The molecule has 0 aliphatic heterocycles. The summed E-state index contributed by atoms with van der Waals surface area (Å²) in [5.74, 6) is -1.44. The molecule has 0 fully saturated rings. The Balaban J connectivity index is 2.42. The van der Waals surface area contributed by atoms with Gasteiger partial charge in [0.25, 0.3) is 0 Å². The summed E-state index contributed by atoms with van der Waals surface area (Å²) < 4.78 is 0. The Kier molecular flexibility index (Phi) is 9.19. The lowest BCUT2D eigenvalue weighted by atomic mass is 9.86. The van der Waals surface area contributed by atoms with Gasteiger partial charge in [0.05, 0.1) is 10.8 Å². The standard InChI is InChI=1S/C24H38O4/c1-18-13-14-19(11-7-6-9-15-23(2,3)21(25)26)17-20(18)12-8-10-16-24(4,5)22(27)28/h13-14,17H,6-12,15-16H2,1-5H3,(H,25,26)(H,27,28). The summed E-state index contributed by atoms with van der Waals surface area (Å²) in [6, 6.07) is 6.66. The number of benzene rings is 1. The minimum absolute atomic E-state index is 0.633. The van der Waals surface area contributed by atoms with Crippen LogP contribution in [0.1, 0.15) is 89.3 Å². The molecule has 0 aliphatic rings. The number of carbonyl (C=O) groups is 2. The highest BCUT2D eigenvalue weighted by Gasteiger charge is 2.26. The summed E-state index contributed by atoms with van der Waals surface area (Å²) in [5.41, 5.74) is 2.71. The number of unbranched alkanes of at least 4 members (excludes halogenated alkanes) is 3. The van der Waals surface area contributed by atoms with Gasteiger partial charge in [-0.25, -0.2) is 0 Å². The summed E-state index contributed by atoms with van der Waals surface area (Å²) in [4.78, 5) is 22.3. The summed E-state index contributed by atoms with van der Waals surface area (Å²) in [7, 11) is 0. The van der Waals surface area contributed by atoms with Crippen LogP contribution in [0.4, 0.5) is 0 Å². The second-order valence-electron chi connectivity index (χ2n) is 9.41. The van der Waals surface area contributed by atoms with Crippen molar-refractivity contribution in [1.82, 2.24) is 0 Å². The number of aryl methyl sites for hydroxylation is 3. The lowest BCUT2D eigenvalue weighted by molar-refractivity contribution is -0.148. The van der Waals surface area contributed by atoms with E-state index in [9.17, 15) is 14.7 Å². The molecule has 1 aromatic rings. The van der Waals surface area contributed by atoms with Gasteiger partial charge >= 0.3 is 11.9 Å². The third-order valence-corrected chi connectivity index (χ3v) is 5.84. The largest absolute Gasteiger partial charge is 0.481 e. The molecular weight excluding hydrogens is 352 g/mol. The first kappa shape index (κ1) is 24.2. The third kappa shape index (κ3) is 8.04. The van der Waals surface area contributed by atoms with Crippen LogP contribution in [0.25, 0.3) is 0 Å². The van der Waals surface area contributed by atoms with Crippen LogP contribution < -0.4 is 0 Å². The molecule has 0 spiro atoms. The first-order valence-electron chi connectivity index (χ1n) is 10.5. The van der Waals surface area contributed by atoms with Crippen molar-refractivity contribution in [2.45, 2.75) is 92.4 Å². The molecule has 0 bridgehead atoms. The smallest absolute Gasteiger partial charge is 0.309 e. The zero-order valence-electron chi connectivity index (χ0n) is 18.3. The van der Waals surface area contributed by atoms with Crippen LogP contribution in [0.2, 0.25) is 0 Å². The fourth-order valence-electron chi connectivity index (χ4n) is 3.32. The van der Waals surface area contributed by atoms with E-state index in [1.807, 2.05) is 0 Å². The molecule has 0 saturated heterocycles. The maximum Gasteiger partial charge on any atom is 0.309 e. The van der Waals surface area contributed by atoms with Crippen LogP contribution >= 0.6 is 0 Å². The van der Waals surface area contributed by atoms with E-state index in [2.05, 4.69) is 25.1 Å². The number of hydrogen-bond donors (Lipinski definition) is 2. The number of carboxylic acid groups (broad SMARTS) is 2. The number of carboxylic acids is 2. The minimum atomic E-state index is -0.725. The van der Waals surface area contributed by atoms with E-state index in [-0.39, 0.29) is 0 Å². The second-order valence-corrected chi connectivity index (χ2v) is 9.41. The van der Waals surface area contributed by atoms with E-state index in [1.54, 1.807) is 27.7 Å². The van der Waals surface area contributed by atoms with Crippen LogP contribution in [-0.2, 0) is 22.4 Å². The van der Waals surface area contributed by atoms with E-state index in [0.29, 0.717) is 12.8 Å². The van der Waals surface area contributed by atoms with E-state index in [0.717, 1.165) is 44.9 Å². The molecule has 0 atom stereocenters. The van der Waals surface area contributed by atoms with Gasteiger partial charge in [-0.15, -0.1) is 0 Å². The van der Waals surface area contributed by atoms with Gasteiger partial charge in [-0.05, 0) is 89.8 Å². The van der Waals surface area contributed by atoms with Gasteiger partial charge in [0.1, 0.15) is 0 Å². The van der Waals surface area contributed by atoms with Gasteiger partial charge in [-0.1, -0.05) is 37.5 Å². The van der Waals surface area contributed by atoms with Crippen molar-refractivity contribution in [3.05, 3.63) is 34.9 Å². The normalized spacial score (nSPS) is 12.2. The molecule has 0 amide bonds. The second kappa shape index (κ2) is 10.6. The van der Waals surface area contributed by atoms with Crippen molar-refractivity contribution >= 4 is 11.9 Å². The van der Waals surface area contributed by atoms with Gasteiger partial charge in [-0.3, -0.25) is 9.59 Å². The van der Waals surface area contributed by atoms with Crippen molar-refractivity contribution in [2.24, 2.45) is 10.8 Å². The quantitative estimate of drug-likeness (QED) is 0.403. The predicted octanol–water partition coefficient (Wildman–Crippen LogP) is 6.03. The maximum atomic E-state index is 11.2. The van der Waals surface area contributed by atoms with E-state index < -0.39 is 22.8 Å². The fraction of sp³-hybridized carbons (Fsp3) is 0.667. The molecule has 28 heavy (non-hydrogen) atoms. The fourth-order valence-corrected chi connectivity index (χ4v) is 3.32. The topological polar surface area (TPSA) is 74.6 Å². The first-order valence-corrected chi connectivity index (χ1v) is 10.5. The van der Waals surface area contributed by atoms with Gasteiger partial charge in [0.15, 0.2) is 0 Å². The molecule has 0 unspecified atom stereocenters. The summed E-state index contributed by atoms with van der Waals surface area (Å²) >= 11 is 0. The number of rotatable bonds is 13. The molecule has 1 aromatic carbocycles. The SMILES string of the molecule is Cc1ccc(CCCCCC(C)(C)C(=O)O)cc1CCCCC(C)(C)C(=O)O. The number of aliphatic carboxylic acids is 2. The monoisotopic (exact) mass is 390 g/mol. The Hall–Kier alpha value is -1.84. The Morgan fingerprint density at radius 1 is 0.786 bits per heavy atom. The highest BCUT2D eigenvalue weighted by atomic mass is 16.4. The maximum absolute atomic E-state index is 11.2. The van der Waals surface area contributed by atoms with Gasteiger partial charge in [0, 0.05) is 0 Å². The minimum Gasteiger partial charge on any atom is -0.481 e. The van der Waals surface area contributed by atoms with Crippen molar-refractivity contribution < 1.29 is 19.8 Å². The van der Waals surface area contributed by atoms with E-state index in [1.165, 1.54) is 16.7 Å². The number of hydrogen-bond acceptors (Lipinski definition) is 2. The Bertz CT molecular complexity index is 659. The van der Waals surface area contributed by atoms with Crippen LogP contribution in [0.3, 0.4) is 0 Å². The molecule has 4 heteroatoms. The van der Waals surface area contributed by atoms with Gasteiger partial charge < -0.3 is 10.2 Å². The van der Waals surface area contributed by atoms with Gasteiger partial charge in [-0.2, -0.15) is 0 Å². The average Bonchev–Trinajstić information content (AvgIpc) is 2.60. The lowest BCUT2D eigenvalue weighted by Gasteiger charge is -2.19. The molecule has 0 aliphatic carbocycles. The van der Waals surface area contributed by atoms with Crippen molar-refractivity contribution in [3.63, 3.8) is 0 Å². The molecule has 2 N–H and O–H groups in total. The highest BCUT2D eigenvalue weighted by Crippen LogP contribution is 2.26. The molecular formula is C24H38O4. The van der Waals surface area contributed by atoms with Gasteiger partial charge in [0.2, 0.25) is 0 Å². The summed E-state index contributed by atoms with van der Waals surface area (Å²) in [5, 5.41) is 18.4. The van der Waals surface area contributed by atoms with Crippen molar-refractivity contribution in [3.8, 4) is 0 Å². The average molecular weight is 391 g/mol. The molecule has 1 rings (SSSR count). The Morgan fingerprint density at radius 2 is 1.29 bits per heavy atom. The van der Waals surface area contributed by atoms with Crippen molar-refractivity contribution in [2.75, 3.05) is 0 Å². The molecule has 0 aromatic heterocycles. The third-order valence-electron chi connectivity index (χ3n) is 5.84. The summed E-state index contributed by atoms with van der Waals surface area (Å²) in [6.07, 6.45) is 8.41. The Morgan fingerprint density at radius 3 is 1.82 bits per heavy atom. The van der Waals surface area contributed by atoms with Crippen LogP contribution in [0.15, 0.2) is 18.2 Å². The molecule has 158 valence electrons. The molecule has 0 saturated carbocycles. The molecule has 0 radical (unpaired) electrons. The molecule has 0 heterocycles. The van der Waals surface area contributed by atoms with Crippen LogP contribution in [-0.4, -0.2) is 22.2 Å².